The van der Waals surface area contributed by atoms with Gasteiger partial charge in [-0.2, -0.15) is 0 Å². The lowest BCUT2D eigenvalue weighted by Gasteiger charge is -2.16. The van der Waals surface area contributed by atoms with Gasteiger partial charge in [-0.25, -0.2) is 0 Å². The van der Waals surface area contributed by atoms with Crippen LogP contribution in [0.25, 0.3) is 11.9 Å². The van der Waals surface area contributed by atoms with Gasteiger partial charge in [-0.05, 0) is 26.3 Å². The molecule has 1 N–H and O–H groups in total. The highest BCUT2D eigenvalue weighted by Gasteiger charge is 2.07. The molecule has 0 unspecified atom stereocenters. The van der Waals surface area contributed by atoms with Crippen molar-refractivity contribution in [1.82, 2.24) is 9.27 Å². The Morgan fingerprint density at radius 2 is 1.94 bits per heavy atom. The number of nitrogens with one attached hydrogen (secondary N) is 1. The molecule has 17 heavy (non-hydrogen) atoms. The minimum atomic E-state index is 1.16. The summed E-state index contributed by atoms with van der Waals surface area (Å²) in [6, 6.07) is 8.43. The molecule has 0 atom stereocenters. The van der Waals surface area contributed by atoms with Crippen LogP contribution in [-0.4, -0.2) is 11.0 Å². The molecule has 0 spiro atoms. The molecule has 2 rings (SSSR count). The monoisotopic (exact) mass is 246 g/mol. The minimum absolute atomic E-state index is 1.16. The molecule has 2 nitrogen and oxygen atoms in total. The highest BCUT2D eigenvalue weighted by Crippen LogP contribution is 2.23. The van der Waals surface area contributed by atoms with Gasteiger partial charge in [-0.3, -0.25) is 3.96 Å². The quantitative estimate of drug-likeness (QED) is 0.874. The van der Waals surface area contributed by atoms with Crippen molar-refractivity contribution in [1.29, 1.82) is 0 Å². The second kappa shape index (κ2) is 4.80. The standard InChI is InChI=1S/C14H18N2S/c1-10-7-5-6-8-13(10)14(15-4)9-16-11(2)12(3)17-16/h5-9,15H,1-4H3/b14-9-. The zero-order chi connectivity index (χ0) is 12.4. The molecule has 0 radical (unpaired) electrons. The van der Waals surface area contributed by atoms with Crippen LogP contribution >= 0.6 is 11.5 Å². The lowest BCUT2D eigenvalue weighted by atomic mass is 10.1. The summed E-state index contributed by atoms with van der Waals surface area (Å²) in [7, 11) is 1.97. The first kappa shape index (κ1) is 12.0. The molecule has 0 aliphatic heterocycles. The first-order valence-electron chi connectivity index (χ1n) is 5.73. The zero-order valence-electron chi connectivity index (χ0n) is 10.7. The molecule has 0 aliphatic rings. The van der Waals surface area contributed by atoms with Crippen LogP contribution < -0.4 is 5.32 Å². The maximum atomic E-state index is 3.28. The van der Waals surface area contributed by atoms with E-state index in [1.807, 2.05) is 7.05 Å². The highest BCUT2D eigenvalue weighted by molar-refractivity contribution is 7.08. The molecule has 1 aromatic heterocycles. The second-order valence-corrected chi connectivity index (χ2v) is 5.35. The zero-order valence-corrected chi connectivity index (χ0v) is 11.6. The van der Waals surface area contributed by atoms with Gasteiger partial charge in [-0.1, -0.05) is 35.8 Å². The van der Waals surface area contributed by atoms with Gasteiger partial charge in [0.2, 0.25) is 0 Å². The molecule has 1 aromatic carbocycles. The Labute approximate surface area is 107 Å². The number of hydrogen-bond acceptors (Lipinski definition) is 2. The topological polar surface area (TPSA) is 17.0 Å². The molecule has 0 bridgehead atoms. The SMILES string of the molecule is CN/C(=C\n1sc(C)c1C)c1ccccc1C. The average molecular weight is 246 g/mol. The Hall–Kier alpha value is -1.48. The molecule has 0 fully saturated rings. The van der Waals surface area contributed by atoms with E-state index in [1.165, 1.54) is 21.7 Å². The summed E-state index contributed by atoms with van der Waals surface area (Å²) in [6.07, 6.45) is 2.16. The van der Waals surface area contributed by atoms with Crippen molar-refractivity contribution in [3.8, 4) is 0 Å². The lowest BCUT2D eigenvalue weighted by Crippen LogP contribution is -2.09. The summed E-state index contributed by atoms with van der Waals surface area (Å²) in [4.78, 5) is 1.39. The predicted molar refractivity (Wildman–Crippen MR) is 76.2 cm³/mol. The van der Waals surface area contributed by atoms with Crippen molar-refractivity contribution in [2.45, 2.75) is 20.8 Å². The number of benzene rings is 1. The largest absolute Gasteiger partial charge is 0.386 e. The molecule has 0 aliphatic carbocycles. The Bertz CT molecular complexity index is 546. The van der Waals surface area contributed by atoms with E-state index in [-0.39, 0.29) is 0 Å². The predicted octanol–water partition coefficient (Wildman–Crippen LogP) is 3.65. The third-order valence-electron chi connectivity index (χ3n) is 3.03. The smallest absolute Gasteiger partial charge is 0.0592 e. The number of hydrogen-bond donors (Lipinski definition) is 1. The van der Waals surface area contributed by atoms with E-state index >= 15 is 0 Å². The van der Waals surface area contributed by atoms with Crippen LogP contribution in [0, 0.1) is 20.8 Å². The minimum Gasteiger partial charge on any atom is -0.386 e. The molecule has 0 saturated heterocycles. The maximum absolute atomic E-state index is 3.28. The number of rotatable bonds is 3. The van der Waals surface area contributed by atoms with Gasteiger partial charge in [-0.15, -0.1) is 0 Å². The second-order valence-electron chi connectivity index (χ2n) is 4.17. The summed E-state index contributed by atoms with van der Waals surface area (Å²) in [5.41, 5.74) is 5.03. The van der Waals surface area contributed by atoms with Crippen molar-refractivity contribution >= 4 is 23.4 Å². The van der Waals surface area contributed by atoms with Gasteiger partial charge in [0, 0.05) is 29.4 Å². The summed E-state index contributed by atoms with van der Waals surface area (Å²) in [5, 5.41) is 3.28. The normalized spacial score (nSPS) is 11.9. The Morgan fingerprint density at radius 1 is 1.24 bits per heavy atom. The molecule has 3 heteroatoms. The third kappa shape index (κ3) is 2.29. The fourth-order valence-electron chi connectivity index (χ4n) is 1.78. The average Bonchev–Trinajstić information content (AvgIpc) is 2.35. The Balaban J connectivity index is 2.39. The van der Waals surface area contributed by atoms with Crippen LogP contribution in [0.1, 0.15) is 21.7 Å². The molecular formula is C14H18N2S. The van der Waals surface area contributed by atoms with Crippen LogP contribution in [0.3, 0.4) is 0 Å². The van der Waals surface area contributed by atoms with Crippen LogP contribution in [0.2, 0.25) is 0 Å². The van der Waals surface area contributed by atoms with E-state index in [1.54, 1.807) is 11.5 Å². The van der Waals surface area contributed by atoms with Gasteiger partial charge in [0.25, 0.3) is 0 Å². The molecule has 2 aromatic rings. The highest BCUT2D eigenvalue weighted by atomic mass is 32.1. The van der Waals surface area contributed by atoms with Crippen LogP contribution in [0.15, 0.2) is 24.3 Å². The van der Waals surface area contributed by atoms with E-state index in [9.17, 15) is 0 Å². The molecule has 0 amide bonds. The molecule has 90 valence electrons. The number of aromatic nitrogens is 1. The molecular weight excluding hydrogens is 228 g/mol. The van der Waals surface area contributed by atoms with Crippen molar-refractivity contribution in [2.75, 3.05) is 7.05 Å². The van der Waals surface area contributed by atoms with E-state index in [2.05, 4.69) is 60.5 Å². The Kier molecular flexibility index (Phi) is 3.38. The van der Waals surface area contributed by atoms with E-state index in [4.69, 9.17) is 0 Å². The fourth-order valence-corrected chi connectivity index (χ4v) is 2.61. The van der Waals surface area contributed by atoms with Gasteiger partial charge >= 0.3 is 0 Å². The van der Waals surface area contributed by atoms with Crippen molar-refractivity contribution in [3.63, 3.8) is 0 Å². The van der Waals surface area contributed by atoms with E-state index in [0.29, 0.717) is 0 Å². The van der Waals surface area contributed by atoms with Crippen molar-refractivity contribution < 1.29 is 0 Å². The maximum Gasteiger partial charge on any atom is 0.0592 e. The van der Waals surface area contributed by atoms with Gasteiger partial charge < -0.3 is 5.32 Å². The first-order valence-corrected chi connectivity index (χ1v) is 6.51. The summed E-state index contributed by atoms with van der Waals surface area (Å²) in [5.74, 6) is 0. The fraction of sp³-hybridized carbons (Fsp3) is 0.286. The van der Waals surface area contributed by atoms with Crippen LogP contribution in [-0.2, 0) is 0 Å². The van der Waals surface area contributed by atoms with Crippen LogP contribution in [0.5, 0.6) is 0 Å². The summed E-state index contributed by atoms with van der Waals surface area (Å²) >= 11 is 1.78. The third-order valence-corrected chi connectivity index (χ3v) is 4.17. The number of nitrogens with zero attached hydrogens (tertiary/aromatic N) is 1. The Morgan fingerprint density at radius 3 is 2.47 bits per heavy atom. The van der Waals surface area contributed by atoms with E-state index < -0.39 is 0 Å². The molecule has 0 saturated carbocycles. The summed E-state index contributed by atoms with van der Waals surface area (Å²) in [6.45, 7) is 6.43. The van der Waals surface area contributed by atoms with Crippen molar-refractivity contribution in [2.24, 2.45) is 0 Å². The van der Waals surface area contributed by atoms with Gasteiger partial charge in [0.05, 0.1) is 5.70 Å². The first-order chi connectivity index (χ1) is 8.13. The van der Waals surface area contributed by atoms with E-state index in [0.717, 1.165) is 5.70 Å². The van der Waals surface area contributed by atoms with Gasteiger partial charge in [0.15, 0.2) is 0 Å². The van der Waals surface area contributed by atoms with Gasteiger partial charge in [0.1, 0.15) is 0 Å². The summed E-state index contributed by atoms with van der Waals surface area (Å²) < 4.78 is 2.20. The van der Waals surface area contributed by atoms with Crippen LogP contribution in [0.4, 0.5) is 0 Å². The number of aryl methyl sites for hydroxylation is 2. The molecule has 1 heterocycles. The lowest BCUT2D eigenvalue weighted by molar-refractivity contribution is 1.07. The van der Waals surface area contributed by atoms with Crippen molar-refractivity contribution in [3.05, 3.63) is 46.0 Å².